The van der Waals surface area contributed by atoms with Crippen LogP contribution in [0.2, 0.25) is 0 Å². The maximum atomic E-state index is 12.4. The van der Waals surface area contributed by atoms with Crippen molar-refractivity contribution in [3.63, 3.8) is 0 Å². The fourth-order valence-corrected chi connectivity index (χ4v) is 4.29. The average Bonchev–Trinajstić information content (AvgIpc) is 2.48. The van der Waals surface area contributed by atoms with Crippen LogP contribution in [-0.4, -0.2) is 22.1 Å². The Morgan fingerprint density at radius 2 is 1.45 bits per heavy atom. The van der Waals surface area contributed by atoms with Crippen molar-refractivity contribution < 1.29 is 19.4 Å². The number of hydrogen-bond donors (Lipinski definition) is 2. The SMILES string of the molecule is O=C(O)C(Cc1ccccc1)CP(=O)(O)Cc1ccccc1. The third kappa shape index (κ3) is 5.14. The molecule has 116 valence electrons. The molecule has 2 rings (SSSR count). The second kappa shape index (κ2) is 7.39. The van der Waals surface area contributed by atoms with Crippen molar-refractivity contribution in [1.82, 2.24) is 0 Å². The lowest BCUT2D eigenvalue weighted by atomic mass is 10.0. The predicted octanol–water partition coefficient (Wildman–Crippen LogP) is 3.40. The summed E-state index contributed by atoms with van der Waals surface area (Å²) in [6, 6.07) is 18.2. The summed E-state index contributed by atoms with van der Waals surface area (Å²) in [5, 5.41) is 9.33. The molecule has 0 spiro atoms. The zero-order valence-corrected chi connectivity index (χ0v) is 13.0. The Morgan fingerprint density at radius 3 is 1.95 bits per heavy atom. The second-order valence-electron chi connectivity index (χ2n) is 5.40. The lowest BCUT2D eigenvalue weighted by Crippen LogP contribution is -2.21. The van der Waals surface area contributed by atoms with Crippen LogP contribution in [-0.2, 0) is 21.9 Å². The molecule has 0 bridgehead atoms. The van der Waals surface area contributed by atoms with Gasteiger partial charge < -0.3 is 10.00 Å². The molecule has 0 amide bonds. The van der Waals surface area contributed by atoms with E-state index in [-0.39, 0.29) is 18.7 Å². The number of rotatable bonds is 7. The standard InChI is InChI=1S/C17H19O4P/c18-17(19)16(11-14-7-3-1-4-8-14)13-22(20,21)12-15-9-5-2-6-10-15/h1-10,16H,11-13H2,(H,18,19)(H,20,21). The highest BCUT2D eigenvalue weighted by Crippen LogP contribution is 2.46. The smallest absolute Gasteiger partial charge is 0.307 e. The normalized spacial score (nSPS) is 15.0. The summed E-state index contributed by atoms with van der Waals surface area (Å²) in [4.78, 5) is 21.6. The molecule has 2 aromatic carbocycles. The van der Waals surface area contributed by atoms with Crippen molar-refractivity contribution in [3.8, 4) is 0 Å². The largest absolute Gasteiger partial charge is 0.481 e. The first-order chi connectivity index (χ1) is 10.5. The number of carboxylic acid groups (broad SMARTS) is 1. The summed E-state index contributed by atoms with van der Waals surface area (Å²) >= 11 is 0. The summed E-state index contributed by atoms with van der Waals surface area (Å²) in [5.74, 6) is -1.90. The van der Waals surface area contributed by atoms with Crippen LogP contribution in [0.25, 0.3) is 0 Å². The Kier molecular flexibility index (Phi) is 5.53. The fraction of sp³-hybridized carbons (Fsp3) is 0.235. The molecule has 0 aliphatic carbocycles. The number of benzene rings is 2. The van der Waals surface area contributed by atoms with Gasteiger partial charge in [0.25, 0.3) is 0 Å². The van der Waals surface area contributed by atoms with Crippen LogP contribution in [0.1, 0.15) is 11.1 Å². The van der Waals surface area contributed by atoms with E-state index in [4.69, 9.17) is 0 Å². The first-order valence-corrected chi connectivity index (χ1v) is 9.11. The Hall–Kier alpha value is -1.90. The minimum atomic E-state index is -3.54. The molecule has 2 aromatic rings. The van der Waals surface area contributed by atoms with Gasteiger partial charge in [-0.25, -0.2) is 0 Å². The molecule has 4 nitrogen and oxygen atoms in total. The summed E-state index contributed by atoms with van der Waals surface area (Å²) in [5.41, 5.74) is 1.60. The summed E-state index contributed by atoms with van der Waals surface area (Å²) in [6.07, 6.45) is 0.0496. The van der Waals surface area contributed by atoms with Gasteiger partial charge in [0.05, 0.1) is 5.92 Å². The number of hydrogen-bond acceptors (Lipinski definition) is 2. The molecule has 22 heavy (non-hydrogen) atoms. The van der Waals surface area contributed by atoms with Gasteiger partial charge >= 0.3 is 5.97 Å². The van der Waals surface area contributed by atoms with Crippen LogP contribution in [0.3, 0.4) is 0 Å². The van der Waals surface area contributed by atoms with E-state index in [0.717, 1.165) is 11.1 Å². The highest BCUT2D eigenvalue weighted by atomic mass is 31.2. The van der Waals surface area contributed by atoms with Crippen LogP contribution in [0.4, 0.5) is 0 Å². The predicted molar refractivity (Wildman–Crippen MR) is 86.1 cm³/mol. The molecular weight excluding hydrogens is 299 g/mol. The summed E-state index contributed by atoms with van der Waals surface area (Å²) in [7, 11) is -3.54. The Balaban J connectivity index is 2.06. The lowest BCUT2D eigenvalue weighted by Gasteiger charge is -2.17. The quantitative estimate of drug-likeness (QED) is 0.767. The molecule has 2 N–H and O–H groups in total. The lowest BCUT2D eigenvalue weighted by molar-refractivity contribution is -0.141. The van der Waals surface area contributed by atoms with Crippen molar-refractivity contribution >= 4 is 13.3 Å². The van der Waals surface area contributed by atoms with Crippen LogP contribution in [0.5, 0.6) is 0 Å². The summed E-state index contributed by atoms with van der Waals surface area (Å²) < 4.78 is 12.4. The van der Waals surface area contributed by atoms with Gasteiger partial charge in [0, 0.05) is 12.3 Å². The van der Waals surface area contributed by atoms with Crippen LogP contribution < -0.4 is 0 Å². The van der Waals surface area contributed by atoms with Gasteiger partial charge in [-0.2, -0.15) is 0 Å². The molecule has 0 saturated carbocycles. The average molecular weight is 318 g/mol. The van der Waals surface area contributed by atoms with E-state index in [1.807, 2.05) is 36.4 Å². The van der Waals surface area contributed by atoms with Gasteiger partial charge in [-0.1, -0.05) is 60.7 Å². The van der Waals surface area contributed by atoms with E-state index >= 15 is 0 Å². The maximum Gasteiger partial charge on any atom is 0.307 e. The second-order valence-corrected chi connectivity index (χ2v) is 7.77. The highest BCUT2D eigenvalue weighted by Gasteiger charge is 2.29. The molecule has 0 aliphatic rings. The van der Waals surface area contributed by atoms with Gasteiger partial charge in [-0.15, -0.1) is 0 Å². The zero-order chi connectivity index (χ0) is 16.0. The molecule has 2 atom stereocenters. The maximum absolute atomic E-state index is 12.4. The Morgan fingerprint density at radius 1 is 0.955 bits per heavy atom. The van der Waals surface area contributed by atoms with Gasteiger partial charge in [0.2, 0.25) is 7.37 Å². The van der Waals surface area contributed by atoms with Crippen molar-refractivity contribution in [2.75, 3.05) is 6.16 Å². The number of carbonyl (C=O) groups is 1. The van der Waals surface area contributed by atoms with Crippen molar-refractivity contribution in [2.45, 2.75) is 12.6 Å². The van der Waals surface area contributed by atoms with Gasteiger partial charge in [-0.3, -0.25) is 9.36 Å². The first-order valence-electron chi connectivity index (χ1n) is 7.08. The highest BCUT2D eigenvalue weighted by molar-refractivity contribution is 7.57. The van der Waals surface area contributed by atoms with Gasteiger partial charge in [-0.05, 0) is 17.5 Å². The van der Waals surface area contributed by atoms with Crippen LogP contribution in [0, 0.1) is 5.92 Å². The third-order valence-electron chi connectivity index (χ3n) is 3.45. The fourth-order valence-electron chi connectivity index (χ4n) is 2.41. The van der Waals surface area contributed by atoms with Crippen molar-refractivity contribution in [1.29, 1.82) is 0 Å². The van der Waals surface area contributed by atoms with Crippen LogP contribution in [0.15, 0.2) is 60.7 Å². The van der Waals surface area contributed by atoms with E-state index in [0.29, 0.717) is 0 Å². The third-order valence-corrected chi connectivity index (χ3v) is 5.32. The van der Waals surface area contributed by atoms with E-state index in [9.17, 15) is 19.4 Å². The molecule has 0 aromatic heterocycles. The Bertz CT molecular complexity index is 655. The molecule has 5 heteroatoms. The van der Waals surface area contributed by atoms with E-state index in [1.165, 1.54) is 0 Å². The van der Waals surface area contributed by atoms with Gasteiger partial charge in [0.15, 0.2) is 0 Å². The minimum Gasteiger partial charge on any atom is -0.481 e. The molecule has 2 unspecified atom stereocenters. The molecular formula is C17H19O4P. The monoisotopic (exact) mass is 318 g/mol. The topological polar surface area (TPSA) is 74.6 Å². The molecule has 0 radical (unpaired) electrons. The van der Waals surface area contributed by atoms with E-state index < -0.39 is 19.3 Å². The van der Waals surface area contributed by atoms with Gasteiger partial charge in [0.1, 0.15) is 0 Å². The molecule has 0 fully saturated rings. The zero-order valence-electron chi connectivity index (χ0n) is 12.1. The molecule has 0 aliphatic heterocycles. The summed E-state index contributed by atoms with van der Waals surface area (Å²) in [6.45, 7) is 0. The van der Waals surface area contributed by atoms with Crippen molar-refractivity contribution in [2.24, 2.45) is 5.92 Å². The van der Waals surface area contributed by atoms with E-state index in [1.54, 1.807) is 24.3 Å². The first kappa shape index (κ1) is 16.5. The number of carboxylic acids is 1. The number of aliphatic carboxylic acids is 1. The Labute approximate surface area is 129 Å². The minimum absolute atomic E-state index is 0.00636. The van der Waals surface area contributed by atoms with E-state index in [2.05, 4.69) is 0 Å². The van der Waals surface area contributed by atoms with Crippen molar-refractivity contribution in [3.05, 3.63) is 71.8 Å². The molecule has 0 heterocycles. The van der Waals surface area contributed by atoms with Crippen LogP contribution >= 0.6 is 7.37 Å². The molecule has 0 saturated heterocycles.